The van der Waals surface area contributed by atoms with Crippen LogP contribution >= 0.6 is 0 Å². The fraction of sp³-hybridized carbons (Fsp3) is 0.850. The smallest absolute Gasteiger partial charge is 0.322 e. The molecule has 0 fully saturated rings. The molecule has 0 aliphatic carbocycles. The molecular weight excluding hydrogens is 348 g/mol. The second-order valence-corrected chi connectivity index (χ2v) is 6.76. The van der Waals surface area contributed by atoms with Crippen molar-refractivity contribution in [2.45, 2.75) is 96.8 Å². The van der Waals surface area contributed by atoms with Crippen molar-refractivity contribution in [1.82, 2.24) is 5.32 Å². The molecule has 0 unspecified atom stereocenters. The molecule has 0 atom stereocenters. The second kappa shape index (κ2) is 22.4. The summed E-state index contributed by atoms with van der Waals surface area (Å²) in [5.41, 5.74) is 4.85. The molecule has 0 saturated heterocycles. The zero-order valence-electron chi connectivity index (χ0n) is 17.0. The molecule has 0 aliphatic heterocycles. The van der Waals surface area contributed by atoms with E-state index >= 15 is 0 Å². The largest absolute Gasteiger partial charge is 0.481 e. The van der Waals surface area contributed by atoms with E-state index in [2.05, 4.69) is 12.2 Å². The summed E-state index contributed by atoms with van der Waals surface area (Å²) in [6.45, 7) is 1.72. The lowest BCUT2D eigenvalue weighted by Gasteiger charge is -2.02. The van der Waals surface area contributed by atoms with Gasteiger partial charge in [0, 0.05) is 6.42 Å². The van der Waals surface area contributed by atoms with Crippen molar-refractivity contribution in [1.29, 1.82) is 0 Å². The topological polar surface area (TPSA) is 130 Å². The summed E-state index contributed by atoms with van der Waals surface area (Å²) >= 11 is 0. The first-order valence-electron chi connectivity index (χ1n) is 10.3. The molecule has 0 aromatic heterocycles. The van der Waals surface area contributed by atoms with Crippen LogP contribution in [0.25, 0.3) is 0 Å². The zero-order valence-corrected chi connectivity index (χ0v) is 17.0. The third kappa shape index (κ3) is 29.4. The van der Waals surface area contributed by atoms with Crippen LogP contribution in [-0.2, 0) is 14.4 Å². The number of carbonyl (C=O) groups excluding carboxylic acids is 1. The number of hydrogen-bond acceptors (Lipinski definition) is 4. The highest BCUT2D eigenvalue weighted by Gasteiger charge is 1.99. The van der Waals surface area contributed by atoms with Crippen LogP contribution in [0.15, 0.2) is 0 Å². The van der Waals surface area contributed by atoms with Crippen molar-refractivity contribution in [2.24, 2.45) is 5.73 Å². The third-order valence-electron chi connectivity index (χ3n) is 4.12. The Labute approximate surface area is 164 Å². The lowest BCUT2D eigenvalue weighted by atomic mass is 10.0. The quantitative estimate of drug-likeness (QED) is 0.281. The average Bonchev–Trinajstić information content (AvgIpc) is 2.63. The van der Waals surface area contributed by atoms with E-state index in [1.165, 1.54) is 70.6 Å². The second-order valence-electron chi connectivity index (χ2n) is 6.76. The minimum Gasteiger partial charge on any atom is -0.481 e. The van der Waals surface area contributed by atoms with E-state index in [0.29, 0.717) is 6.42 Å². The van der Waals surface area contributed by atoms with E-state index in [1.54, 1.807) is 0 Å². The molecule has 5 N–H and O–H groups in total. The van der Waals surface area contributed by atoms with Crippen LogP contribution in [0.1, 0.15) is 96.8 Å². The molecule has 7 nitrogen and oxygen atoms in total. The number of amides is 1. The molecule has 0 aromatic carbocycles. The molecule has 0 aliphatic rings. The minimum atomic E-state index is -1.07. The number of nitrogens with one attached hydrogen (secondary N) is 1. The van der Waals surface area contributed by atoms with Gasteiger partial charge in [-0.25, -0.2) is 0 Å². The van der Waals surface area contributed by atoms with Crippen molar-refractivity contribution in [3.05, 3.63) is 0 Å². The van der Waals surface area contributed by atoms with Crippen LogP contribution in [-0.4, -0.2) is 41.1 Å². The summed E-state index contributed by atoms with van der Waals surface area (Å²) in [6, 6.07) is 0. The highest BCUT2D eigenvalue weighted by molar-refractivity contribution is 5.82. The summed E-state index contributed by atoms with van der Waals surface area (Å²) in [7, 11) is 0. The summed E-state index contributed by atoms with van der Waals surface area (Å²) in [6.07, 6.45) is 17.3. The molecule has 0 spiro atoms. The Balaban J connectivity index is 0. The molecule has 0 bridgehead atoms. The molecule has 0 saturated carbocycles. The van der Waals surface area contributed by atoms with Crippen LogP contribution in [0, 0.1) is 0 Å². The monoisotopic (exact) mass is 388 g/mol. The van der Waals surface area contributed by atoms with E-state index in [4.69, 9.17) is 15.9 Å². The van der Waals surface area contributed by atoms with Crippen LogP contribution < -0.4 is 11.1 Å². The van der Waals surface area contributed by atoms with Gasteiger partial charge in [0.1, 0.15) is 6.54 Å². The van der Waals surface area contributed by atoms with Gasteiger partial charge in [0.15, 0.2) is 0 Å². The van der Waals surface area contributed by atoms with Gasteiger partial charge in [-0.15, -0.1) is 0 Å². The number of nitrogens with two attached hydrogens (primary N) is 1. The lowest BCUT2D eigenvalue weighted by Crippen LogP contribution is -2.34. The summed E-state index contributed by atoms with van der Waals surface area (Å²) < 4.78 is 0. The molecular formula is C20H40N2O5. The SMILES string of the molecule is CCCCCCCCCCCCCCCC(=O)O.NCC(=O)NCC(=O)O. The van der Waals surface area contributed by atoms with Crippen molar-refractivity contribution >= 4 is 17.8 Å². The maximum Gasteiger partial charge on any atom is 0.322 e. The van der Waals surface area contributed by atoms with E-state index in [9.17, 15) is 14.4 Å². The first-order chi connectivity index (χ1) is 12.9. The van der Waals surface area contributed by atoms with Gasteiger partial charge in [-0.2, -0.15) is 0 Å². The fourth-order valence-corrected chi connectivity index (χ4v) is 2.54. The van der Waals surface area contributed by atoms with Gasteiger partial charge in [0.25, 0.3) is 0 Å². The predicted molar refractivity (Wildman–Crippen MR) is 108 cm³/mol. The number of hydrogen-bond donors (Lipinski definition) is 4. The van der Waals surface area contributed by atoms with Gasteiger partial charge >= 0.3 is 11.9 Å². The standard InChI is InChI=1S/C16H32O2.C4H8N2O3/c1-2-3-4-5-6-7-8-9-10-11-12-13-14-15-16(17)18;5-1-3(7)6-2-4(8)9/h2-15H2,1H3,(H,17,18);1-2,5H2,(H,6,7)(H,8,9). The Hall–Kier alpha value is -1.63. The number of carbonyl (C=O) groups is 3. The van der Waals surface area contributed by atoms with Crippen LogP contribution in [0.4, 0.5) is 0 Å². The molecule has 0 heterocycles. The first kappa shape index (κ1) is 27.6. The normalized spacial score (nSPS) is 10.0. The number of rotatable bonds is 17. The number of unbranched alkanes of at least 4 members (excludes halogenated alkanes) is 12. The zero-order chi connectivity index (χ0) is 20.8. The Kier molecular flexibility index (Phi) is 22.9. The highest BCUT2D eigenvalue weighted by Crippen LogP contribution is 2.12. The van der Waals surface area contributed by atoms with E-state index in [0.717, 1.165) is 12.8 Å². The Morgan fingerprint density at radius 2 is 1.11 bits per heavy atom. The van der Waals surface area contributed by atoms with Gasteiger partial charge in [0.05, 0.1) is 6.54 Å². The number of carboxylic acid groups (broad SMARTS) is 2. The molecule has 0 radical (unpaired) electrons. The van der Waals surface area contributed by atoms with Gasteiger partial charge in [0.2, 0.25) is 5.91 Å². The van der Waals surface area contributed by atoms with E-state index in [-0.39, 0.29) is 13.1 Å². The molecule has 1 amide bonds. The molecule has 27 heavy (non-hydrogen) atoms. The van der Waals surface area contributed by atoms with Crippen LogP contribution in [0.2, 0.25) is 0 Å². The van der Waals surface area contributed by atoms with E-state index < -0.39 is 17.8 Å². The maximum atomic E-state index is 10.3. The molecule has 160 valence electrons. The van der Waals surface area contributed by atoms with Gasteiger partial charge < -0.3 is 21.3 Å². The Morgan fingerprint density at radius 3 is 1.44 bits per heavy atom. The number of carboxylic acids is 2. The van der Waals surface area contributed by atoms with E-state index in [1.807, 2.05) is 0 Å². The van der Waals surface area contributed by atoms with Crippen molar-refractivity contribution in [3.8, 4) is 0 Å². The van der Waals surface area contributed by atoms with Crippen molar-refractivity contribution in [2.75, 3.05) is 13.1 Å². The summed E-state index contributed by atoms with van der Waals surface area (Å²) in [5.74, 6) is -2.19. The summed E-state index contributed by atoms with van der Waals surface area (Å²) in [5, 5.41) is 18.6. The fourth-order valence-electron chi connectivity index (χ4n) is 2.54. The Morgan fingerprint density at radius 1 is 0.704 bits per heavy atom. The number of aliphatic carboxylic acids is 2. The minimum absolute atomic E-state index is 0.173. The van der Waals surface area contributed by atoms with Gasteiger partial charge in [-0.1, -0.05) is 84.0 Å². The molecule has 0 aromatic rings. The molecule has 0 rings (SSSR count). The van der Waals surface area contributed by atoms with Crippen LogP contribution in [0.3, 0.4) is 0 Å². The Bertz CT molecular complexity index is 375. The summed E-state index contributed by atoms with van der Waals surface area (Å²) in [4.78, 5) is 30.3. The van der Waals surface area contributed by atoms with Crippen LogP contribution in [0.5, 0.6) is 0 Å². The maximum absolute atomic E-state index is 10.3. The van der Waals surface area contributed by atoms with Crippen molar-refractivity contribution in [3.63, 3.8) is 0 Å². The lowest BCUT2D eigenvalue weighted by molar-refractivity contribution is -0.138. The third-order valence-corrected chi connectivity index (χ3v) is 4.12. The molecule has 7 heteroatoms. The first-order valence-corrected chi connectivity index (χ1v) is 10.3. The highest BCUT2D eigenvalue weighted by atomic mass is 16.4. The van der Waals surface area contributed by atoms with Gasteiger partial charge in [-0.3, -0.25) is 14.4 Å². The van der Waals surface area contributed by atoms with Gasteiger partial charge in [-0.05, 0) is 6.42 Å². The predicted octanol–water partition coefficient (Wildman–Crippen LogP) is 3.70. The average molecular weight is 389 g/mol. The van der Waals surface area contributed by atoms with Crippen molar-refractivity contribution < 1.29 is 24.6 Å².